The molecule has 0 bridgehead atoms. The highest BCUT2D eigenvalue weighted by atomic mass is 15.2. The highest BCUT2D eigenvalue weighted by Gasteiger charge is 2.13. The lowest BCUT2D eigenvalue weighted by atomic mass is 10.5. The maximum absolute atomic E-state index is 8.79. The maximum Gasteiger partial charge on any atom is 0.179 e. The van der Waals surface area contributed by atoms with E-state index < -0.39 is 0 Å². The van der Waals surface area contributed by atoms with Crippen LogP contribution in [0.4, 0.5) is 0 Å². The Kier molecular flexibility index (Phi) is 4.06. The average molecular weight is 204 g/mol. The van der Waals surface area contributed by atoms with Gasteiger partial charge in [-0.3, -0.25) is 0 Å². The van der Waals surface area contributed by atoms with Gasteiger partial charge in [-0.15, -0.1) is 0 Å². The van der Waals surface area contributed by atoms with E-state index in [1.54, 1.807) is 14.7 Å². The molecular formula is C9H12N6. The molecule has 0 aromatic heterocycles. The van der Waals surface area contributed by atoms with Gasteiger partial charge in [0.05, 0.1) is 0 Å². The van der Waals surface area contributed by atoms with Crippen LogP contribution in [-0.2, 0) is 0 Å². The van der Waals surface area contributed by atoms with Crippen molar-refractivity contribution in [1.82, 2.24) is 14.7 Å². The fourth-order valence-corrected chi connectivity index (χ4v) is 1.36. The summed E-state index contributed by atoms with van der Waals surface area (Å²) in [6.07, 6.45) is 6.15. The van der Waals surface area contributed by atoms with Crippen molar-refractivity contribution in [2.45, 2.75) is 0 Å². The molecule has 1 aliphatic heterocycles. The average Bonchev–Trinajstić information content (AvgIpc) is 2.38. The predicted octanol–water partition coefficient (Wildman–Crippen LogP) is -0.651. The summed E-state index contributed by atoms with van der Waals surface area (Å²) in [5.74, 6) is 0. The fourth-order valence-electron chi connectivity index (χ4n) is 1.36. The van der Waals surface area contributed by atoms with Crippen LogP contribution in [0.1, 0.15) is 0 Å². The lowest BCUT2D eigenvalue weighted by Crippen LogP contribution is -2.30. The SMILES string of the molecule is N#CN1CCN(C#N)CCN(C#N)CC1. The second-order valence-corrected chi connectivity index (χ2v) is 3.26. The Bertz CT molecular complexity index is 255. The zero-order valence-electron chi connectivity index (χ0n) is 8.43. The van der Waals surface area contributed by atoms with Crippen molar-refractivity contribution in [3.63, 3.8) is 0 Å². The van der Waals surface area contributed by atoms with Crippen LogP contribution in [0.25, 0.3) is 0 Å². The number of rotatable bonds is 0. The first-order chi connectivity index (χ1) is 7.30. The summed E-state index contributed by atoms with van der Waals surface area (Å²) in [6, 6.07) is 0. The van der Waals surface area contributed by atoms with Gasteiger partial charge in [-0.05, 0) is 0 Å². The first-order valence-corrected chi connectivity index (χ1v) is 4.74. The summed E-state index contributed by atoms with van der Waals surface area (Å²) in [4.78, 5) is 4.71. The molecule has 78 valence electrons. The molecule has 0 spiro atoms. The van der Waals surface area contributed by atoms with Crippen molar-refractivity contribution >= 4 is 0 Å². The molecule has 0 aromatic rings. The molecule has 15 heavy (non-hydrogen) atoms. The molecule has 0 radical (unpaired) electrons. The summed E-state index contributed by atoms with van der Waals surface area (Å²) in [5.41, 5.74) is 0. The van der Waals surface area contributed by atoms with E-state index in [1.165, 1.54) is 0 Å². The van der Waals surface area contributed by atoms with E-state index in [0.717, 1.165) is 0 Å². The quantitative estimate of drug-likeness (QED) is 0.488. The molecule has 0 unspecified atom stereocenters. The summed E-state index contributed by atoms with van der Waals surface area (Å²) >= 11 is 0. The fraction of sp³-hybridized carbons (Fsp3) is 0.667. The second kappa shape index (κ2) is 5.57. The van der Waals surface area contributed by atoms with Gasteiger partial charge in [0.1, 0.15) is 0 Å². The van der Waals surface area contributed by atoms with Gasteiger partial charge >= 0.3 is 0 Å². The second-order valence-electron chi connectivity index (χ2n) is 3.26. The Morgan fingerprint density at radius 2 is 0.733 bits per heavy atom. The largest absolute Gasteiger partial charge is 0.307 e. The highest BCUT2D eigenvalue weighted by Crippen LogP contribution is 1.97. The summed E-state index contributed by atoms with van der Waals surface area (Å²) in [5, 5.41) is 26.4. The molecule has 6 nitrogen and oxygen atoms in total. The molecule has 1 aliphatic rings. The van der Waals surface area contributed by atoms with E-state index in [2.05, 4.69) is 0 Å². The molecule has 1 rings (SSSR count). The van der Waals surface area contributed by atoms with Crippen LogP contribution in [0.5, 0.6) is 0 Å². The molecule has 1 heterocycles. The molecule has 0 amide bonds. The summed E-state index contributed by atoms with van der Waals surface area (Å²) in [6.45, 7) is 3.27. The zero-order chi connectivity index (χ0) is 11.1. The van der Waals surface area contributed by atoms with E-state index in [0.29, 0.717) is 39.3 Å². The molecule has 1 fully saturated rings. The van der Waals surface area contributed by atoms with Crippen molar-refractivity contribution in [2.24, 2.45) is 0 Å². The lowest BCUT2D eigenvalue weighted by molar-refractivity contribution is 0.335. The third-order valence-electron chi connectivity index (χ3n) is 2.34. The Labute approximate surface area is 89.1 Å². The van der Waals surface area contributed by atoms with Gasteiger partial charge in [0, 0.05) is 39.3 Å². The van der Waals surface area contributed by atoms with Crippen molar-refractivity contribution in [2.75, 3.05) is 39.3 Å². The van der Waals surface area contributed by atoms with Gasteiger partial charge in [-0.1, -0.05) is 0 Å². The van der Waals surface area contributed by atoms with Crippen LogP contribution in [0.2, 0.25) is 0 Å². The molecule has 0 saturated carbocycles. The van der Waals surface area contributed by atoms with Crippen LogP contribution in [0.15, 0.2) is 0 Å². The third kappa shape index (κ3) is 3.25. The smallest absolute Gasteiger partial charge is 0.179 e. The van der Waals surface area contributed by atoms with Crippen LogP contribution in [0, 0.1) is 34.4 Å². The molecule has 1 saturated heterocycles. The molecule has 0 atom stereocenters. The van der Waals surface area contributed by atoms with E-state index in [4.69, 9.17) is 15.8 Å². The third-order valence-corrected chi connectivity index (χ3v) is 2.34. The van der Waals surface area contributed by atoms with Gasteiger partial charge in [-0.2, -0.15) is 15.8 Å². The first-order valence-electron chi connectivity index (χ1n) is 4.74. The van der Waals surface area contributed by atoms with Gasteiger partial charge in [-0.25, -0.2) is 0 Å². The van der Waals surface area contributed by atoms with Crippen molar-refractivity contribution in [3.8, 4) is 18.6 Å². The van der Waals surface area contributed by atoms with Gasteiger partial charge in [0.2, 0.25) is 0 Å². The molecule has 0 aromatic carbocycles. The van der Waals surface area contributed by atoms with Crippen LogP contribution in [-0.4, -0.2) is 54.0 Å². The Balaban J connectivity index is 2.62. The summed E-state index contributed by atoms with van der Waals surface area (Å²) < 4.78 is 0. The molecule has 0 N–H and O–H groups in total. The van der Waals surface area contributed by atoms with Crippen molar-refractivity contribution in [3.05, 3.63) is 0 Å². The van der Waals surface area contributed by atoms with E-state index in [9.17, 15) is 0 Å². The van der Waals surface area contributed by atoms with Crippen LogP contribution in [0.3, 0.4) is 0 Å². The zero-order valence-corrected chi connectivity index (χ0v) is 8.43. The summed E-state index contributed by atoms with van der Waals surface area (Å²) in [7, 11) is 0. The van der Waals surface area contributed by atoms with Gasteiger partial charge < -0.3 is 14.7 Å². The topological polar surface area (TPSA) is 81.1 Å². The molecule has 6 heteroatoms. The van der Waals surface area contributed by atoms with Crippen LogP contribution < -0.4 is 0 Å². The van der Waals surface area contributed by atoms with Gasteiger partial charge in [0.15, 0.2) is 18.6 Å². The van der Waals surface area contributed by atoms with Crippen molar-refractivity contribution in [1.29, 1.82) is 15.8 Å². The first kappa shape index (κ1) is 10.9. The predicted molar refractivity (Wildman–Crippen MR) is 51.6 cm³/mol. The number of hydrogen-bond acceptors (Lipinski definition) is 6. The lowest BCUT2D eigenvalue weighted by Gasteiger charge is -2.16. The Morgan fingerprint density at radius 1 is 0.533 bits per heavy atom. The minimum Gasteiger partial charge on any atom is -0.307 e. The van der Waals surface area contributed by atoms with Crippen molar-refractivity contribution < 1.29 is 0 Å². The standard InChI is InChI=1S/C9H12N6/c10-7-13-1-2-14(8-11)5-6-15(9-12)4-3-13/h1-6H2. The molecule has 0 aliphatic carbocycles. The normalized spacial score (nSPS) is 17.8. The number of nitriles is 3. The Morgan fingerprint density at radius 3 is 0.867 bits per heavy atom. The van der Waals surface area contributed by atoms with E-state index in [-0.39, 0.29) is 0 Å². The molecular weight excluding hydrogens is 192 g/mol. The van der Waals surface area contributed by atoms with Gasteiger partial charge in [0.25, 0.3) is 0 Å². The minimum absolute atomic E-state index is 0.545. The van der Waals surface area contributed by atoms with Crippen LogP contribution >= 0.6 is 0 Å². The number of hydrogen-bond donors (Lipinski definition) is 0. The highest BCUT2D eigenvalue weighted by molar-refractivity contribution is 4.86. The van der Waals surface area contributed by atoms with E-state index >= 15 is 0 Å². The Hall–Kier alpha value is -2.13. The maximum atomic E-state index is 8.79. The monoisotopic (exact) mass is 204 g/mol. The minimum atomic E-state index is 0.545. The van der Waals surface area contributed by atoms with E-state index in [1.807, 2.05) is 18.6 Å². The number of nitrogens with zero attached hydrogens (tertiary/aromatic N) is 6.